The molecule has 5 heteroatoms. The van der Waals surface area contributed by atoms with E-state index in [-0.39, 0.29) is 11.5 Å². The van der Waals surface area contributed by atoms with Crippen molar-refractivity contribution in [3.05, 3.63) is 90.8 Å². The second-order valence-electron chi connectivity index (χ2n) is 10.8. The first-order valence-electron chi connectivity index (χ1n) is 13.9. The molecule has 0 bridgehead atoms. The van der Waals surface area contributed by atoms with E-state index >= 15 is 4.39 Å². The molecule has 0 aliphatic carbocycles. The van der Waals surface area contributed by atoms with Crippen LogP contribution in [0, 0.1) is 12.7 Å². The van der Waals surface area contributed by atoms with Crippen LogP contribution in [0.25, 0.3) is 27.9 Å². The van der Waals surface area contributed by atoms with Gasteiger partial charge in [-0.2, -0.15) is 4.57 Å². The predicted molar refractivity (Wildman–Crippen MR) is 155 cm³/mol. The average molecular weight is 529 g/mol. The van der Waals surface area contributed by atoms with Gasteiger partial charge in [-0.1, -0.05) is 58.2 Å². The van der Waals surface area contributed by atoms with Crippen LogP contribution < -0.4 is 19.7 Å². The van der Waals surface area contributed by atoms with Crippen LogP contribution >= 0.6 is 7.14 Å². The highest BCUT2D eigenvalue weighted by molar-refractivity contribution is 7.80. The molecule has 0 saturated carbocycles. The summed E-state index contributed by atoms with van der Waals surface area (Å²) in [6, 6.07) is 17.5. The van der Waals surface area contributed by atoms with E-state index in [1.807, 2.05) is 67.2 Å². The Balaban J connectivity index is 1.50. The Bertz CT molecular complexity index is 1510. The smallest absolute Gasteiger partial charge is 0.213 e. The van der Waals surface area contributed by atoms with Crippen LogP contribution in [-0.4, -0.2) is 5.66 Å². The fraction of sp³-hybridized carbons (Fsp3) is 0.333. The van der Waals surface area contributed by atoms with Crippen molar-refractivity contribution in [2.75, 3.05) is 0 Å². The van der Waals surface area contributed by atoms with E-state index in [0.717, 1.165) is 46.0 Å². The number of pyridine rings is 2. The van der Waals surface area contributed by atoms with Gasteiger partial charge in [-0.25, -0.2) is 8.96 Å². The molecule has 1 aliphatic rings. The normalized spacial score (nSPS) is 16.1. The molecule has 196 valence electrons. The van der Waals surface area contributed by atoms with E-state index in [1.165, 1.54) is 31.2 Å². The van der Waals surface area contributed by atoms with Crippen molar-refractivity contribution >= 4 is 17.8 Å². The first-order chi connectivity index (χ1) is 18.3. The summed E-state index contributed by atoms with van der Waals surface area (Å²) in [5.41, 5.74) is 5.16. The highest BCUT2D eigenvalue weighted by Crippen LogP contribution is 2.56. The summed E-state index contributed by atoms with van der Waals surface area (Å²) in [5, 5.41) is 1.66. The second-order valence-corrected chi connectivity index (χ2v) is 14.1. The topological polar surface area (TPSA) is 24.8 Å². The Hall–Kier alpha value is -3.10. The lowest BCUT2D eigenvalue weighted by Gasteiger charge is -2.19. The molecule has 3 heterocycles. The Kier molecular flexibility index (Phi) is 7.63. The number of para-hydroxylation sites is 1. The largest absolute Gasteiger partial charge is 0.313 e. The molecule has 0 radical (unpaired) electrons. The number of aromatic nitrogens is 2. The summed E-state index contributed by atoms with van der Waals surface area (Å²) in [5.74, 6) is -0.284. The van der Waals surface area contributed by atoms with Crippen molar-refractivity contribution in [2.45, 2.75) is 72.0 Å². The van der Waals surface area contributed by atoms with Crippen LogP contribution in [-0.2, 0) is 11.1 Å². The van der Waals surface area contributed by atoms with Gasteiger partial charge in [0.1, 0.15) is 12.4 Å². The number of fused-ring (bicyclic) bond motifs is 3. The fourth-order valence-electron chi connectivity index (χ4n) is 5.63. The molecule has 4 aromatic rings. The number of halogens is 1. The zero-order valence-electron chi connectivity index (χ0n) is 23.0. The molecular formula is C33H38FN2OP+2. The van der Waals surface area contributed by atoms with E-state index < -0.39 is 7.14 Å². The first-order valence-corrected chi connectivity index (χ1v) is 15.7. The minimum atomic E-state index is -2.92. The van der Waals surface area contributed by atoms with Crippen LogP contribution in [0.2, 0.25) is 0 Å². The van der Waals surface area contributed by atoms with Gasteiger partial charge in [-0.15, -0.1) is 0 Å². The van der Waals surface area contributed by atoms with Gasteiger partial charge in [0.25, 0.3) is 0 Å². The van der Waals surface area contributed by atoms with Crippen molar-refractivity contribution < 1.29 is 18.1 Å². The van der Waals surface area contributed by atoms with E-state index in [4.69, 9.17) is 0 Å². The highest BCUT2D eigenvalue weighted by atomic mass is 31.2. The van der Waals surface area contributed by atoms with Gasteiger partial charge < -0.3 is 4.57 Å². The number of benzene rings is 2. The zero-order valence-corrected chi connectivity index (χ0v) is 23.8. The van der Waals surface area contributed by atoms with E-state index in [1.54, 1.807) is 6.07 Å². The molecule has 1 unspecified atom stereocenters. The monoisotopic (exact) mass is 528 g/mol. The van der Waals surface area contributed by atoms with Gasteiger partial charge in [0.05, 0.1) is 5.30 Å². The Labute approximate surface area is 226 Å². The predicted octanol–water partition coefficient (Wildman–Crippen LogP) is 7.04. The number of aryl methyl sites for hydroxylation is 2. The number of rotatable bonds is 9. The number of hydrogen-bond donors (Lipinski definition) is 0. The van der Waals surface area contributed by atoms with Gasteiger partial charge in [-0.3, -0.25) is 0 Å². The third kappa shape index (κ3) is 4.76. The van der Waals surface area contributed by atoms with Gasteiger partial charge in [0.15, 0.2) is 31.9 Å². The second kappa shape index (κ2) is 10.9. The molecule has 0 fully saturated rings. The lowest BCUT2D eigenvalue weighted by molar-refractivity contribution is -0.696. The van der Waals surface area contributed by atoms with Crippen LogP contribution in [0.5, 0.6) is 0 Å². The minimum Gasteiger partial charge on any atom is -0.313 e. The van der Waals surface area contributed by atoms with Gasteiger partial charge in [-0.05, 0) is 36.6 Å². The Morgan fingerprint density at radius 3 is 2.29 bits per heavy atom. The Morgan fingerprint density at radius 2 is 1.58 bits per heavy atom. The minimum absolute atomic E-state index is 0.0693. The molecule has 2 aromatic heterocycles. The van der Waals surface area contributed by atoms with Crippen molar-refractivity contribution in [2.24, 2.45) is 0 Å². The van der Waals surface area contributed by atoms with E-state index in [2.05, 4.69) is 42.9 Å². The standard InChI is InChI=1S/C33H38FN2OP/c1-5-6-7-8-11-17-35-18-16-27-29-21-30(34)28(22-32(29)38(37,24(2)3)33(27)23-35)26-14-19-36(20-15-26)31-13-10-9-12-25(31)4/h9-10,12-16,18-24H,5-8,11,17H2,1-4H3/q+2. The molecule has 0 saturated heterocycles. The van der Waals surface area contributed by atoms with Crippen molar-refractivity contribution in [1.29, 1.82) is 0 Å². The first kappa shape index (κ1) is 26.5. The van der Waals surface area contributed by atoms with Crippen molar-refractivity contribution in [3.8, 4) is 27.9 Å². The van der Waals surface area contributed by atoms with Crippen molar-refractivity contribution in [3.63, 3.8) is 0 Å². The molecule has 3 nitrogen and oxygen atoms in total. The van der Waals surface area contributed by atoms with E-state index in [9.17, 15) is 4.57 Å². The molecule has 2 aromatic carbocycles. The third-order valence-corrected chi connectivity index (χ3v) is 11.5. The summed E-state index contributed by atoms with van der Waals surface area (Å²) in [7, 11) is -2.92. The maximum Gasteiger partial charge on any atom is 0.213 e. The molecule has 0 spiro atoms. The van der Waals surface area contributed by atoms with Gasteiger partial charge >= 0.3 is 0 Å². The lowest BCUT2D eigenvalue weighted by Crippen LogP contribution is -2.37. The van der Waals surface area contributed by atoms with Crippen LogP contribution in [0.15, 0.2) is 79.4 Å². The molecule has 0 N–H and O–H groups in total. The molecule has 5 rings (SSSR count). The van der Waals surface area contributed by atoms with E-state index in [0.29, 0.717) is 5.56 Å². The summed E-state index contributed by atoms with van der Waals surface area (Å²) in [6.07, 6.45) is 14.1. The summed E-state index contributed by atoms with van der Waals surface area (Å²) in [4.78, 5) is 0. The van der Waals surface area contributed by atoms with Crippen molar-refractivity contribution in [1.82, 2.24) is 0 Å². The maximum atomic E-state index is 15.6. The highest BCUT2D eigenvalue weighted by Gasteiger charge is 2.44. The molecular weight excluding hydrogens is 490 g/mol. The Morgan fingerprint density at radius 1 is 0.842 bits per heavy atom. The molecule has 1 aliphatic heterocycles. The van der Waals surface area contributed by atoms with Gasteiger partial charge in [0, 0.05) is 58.3 Å². The van der Waals surface area contributed by atoms with Crippen LogP contribution in [0.4, 0.5) is 4.39 Å². The number of nitrogens with zero attached hydrogens (tertiary/aromatic N) is 2. The molecule has 0 amide bonds. The van der Waals surface area contributed by atoms with Crippen LogP contribution in [0.1, 0.15) is 58.4 Å². The number of unbranched alkanes of at least 4 members (excludes halogenated alkanes) is 4. The van der Waals surface area contributed by atoms with Gasteiger partial charge in [0.2, 0.25) is 5.69 Å². The fourth-order valence-corrected chi connectivity index (χ4v) is 8.74. The molecule has 38 heavy (non-hydrogen) atoms. The van der Waals surface area contributed by atoms with Crippen LogP contribution in [0.3, 0.4) is 0 Å². The molecule has 1 atom stereocenters. The quantitative estimate of drug-likeness (QED) is 0.130. The third-order valence-electron chi connectivity index (χ3n) is 7.87. The zero-order chi connectivity index (χ0) is 26.9. The summed E-state index contributed by atoms with van der Waals surface area (Å²) < 4.78 is 34.6. The maximum absolute atomic E-state index is 15.6. The summed E-state index contributed by atoms with van der Waals surface area (Å²) in [6.45, 7) is 9.27. The SMILES string of the molecule is CCCCCCC[n+]1ccc2c(c1)P(=O)(C(C)C)c1cc(-c3cc[n+](-c4ccccc4C)cc3)c(F)cc1-2. The lowest BCUT2D eigenvalue weighted by atomic mass is 10.0. The number of hydrogen-bond acceptors (Lipinski definition) is 1. The summed E-state index contributed by atoms with van der Waals surface area (Å²) >= 11 is 0. The average Bonchev–Trinajstić information content (AvgIpc) is 3.16.